The molecule has 2 atom stereocenters. The smallest absolute Gasteiger partial charge is 0.307 e. The summed E-state index contributed by atoms with van der Waals surface area (Å²) in [4.78, 5) is 35.9. The molecule has 0 spiro atoms. The highest BCUT2D eigenvalue weighted by Crippen LogP contribution is 2.31. The van der Waals surface area contributed by atoms with E-state index in [1.165, 1.54) is 12.0 Å². The van der Waals surface area contributed by atoms with Crippen LogP contribution in [0.5, 0.6) is 0 Å². The molecule has 1 aliphatic carbocycles. The van der Waals surface area contributed by atoms with E-state index in [2.05, 4.69) is 4.74 Å². The minimum atomic E-state index is -0.903. The van der Waals surface area contributed by atoms with Crippen LogP contribution in [-0.4, -0.2) is 48.6 Å². The molecule has 0 bridgehead atoms. The van der Waals surface area contributed by atoms with Crippen molar-refractivity contribution in [1.29, 1.82) is 0 Å². The third kappa shape index (κ3) is 4.22. The lowest BCUT2D eigenvalue weighted by Crippen LogP contribution is -2.41. The van der Waals surface area contributed by atoms with E-state index in [1.54, 1.807) is 7.05 Å². The van der Waals surface area contributed by atoms with Crippen LogP contribution in [-0.2, 0) is 19.1 Å². The number of esters is 1. The summed E-state index contributed by atoms with van der Waals surface area (Å²) in [5, 5.41) is 9.15. The first-order valence-corrected chi connectivity index (χ1v) is 6.52. The highest BCUT2D eigenvalue weighted by atomic mass is 16.5. The molecular formula is C13H21NO5. The van der Waals surface area contributed by atoms with Gasteiger partial charge in [0.25, 0.3) is 0 Å². The van der Waals surface area contributed by atoms with Crippen molar-refractivity contribution < 1.29 is 24.2 Å². The Bertz CT molecular complexity index is 355. The van der Waals surface area contributed by atoms with E-state index in [0.29, 0.717) is 12.8 Å². The number of ether oxygens (including phenoxy) is 1. The van der Waals surface area contributed by atoms with Gasteiger partial charge in [-0.15, -0.1) is 0 Å². The molecular weight excluding hydrogens is 250 g/mol. The SMILES string of the molecule is COC(=O)CCN(C)C(=O)[C@@H]1CCCC[C@@H]1C(=O)O. The average Bonchev–Trinajstić information content (AvgIpc) is 2.43. The maximum absolute atomic E-state index is 12.2. The summed E-state index contributed by atoms with van der Waals surface area (Å²) in [6, 6.07) is 0. The van der Waals surface area contributed by atoms with Gasteiger partial charge in [0.15, 0.2) is 0 Å². The molecule has 0 aromatic carbocycles. The molecule has 0 heterocycles. The highest BCUT2D eigenvalue weighted by molar-refractivity contribution is 5.85. The second-order valence-corrected chi connectivity index (χ2v) is 4.92. The van der Waals surface area contributed by atoms with E-state index in [9.17, 15) is 14.4 Å². The van der Waals surface area contributed by atoms with Gasteiger partial charge in [-0.2, -0.15) is 0 Å². The first kappa shape index (κ1) is 15.5. The number of rotatable bonds is 5. The predicted molar refractivity (Wildman–Crippen MR) is 67.4 cm³/mol. The van der Waals surface area contributed by atoms with Crippen molar-refractivity contribution >= 4 is 17.8 Å². The van der Waals surface area contributed by atoms with Crippen molar-refractivity contribution in [2.75, 3.05) is 20.7 Å². The number of amides is 1. The van der Waals surface area contributed by atoms with Gasteiger partial charge in [0.05, 0.1) is 25.4 Å². The van der Waals surface area contributed by atoms with E-state index in [1.807, 2.05) is 0 Å². The Balaban J connectivity index is 2.58. The Morgan fingerprint density at radius 3 is 2.32 bits per heavy atom. The van der Waals surface area contributed by atoms with Crippen molar-refractivity contribution in [3.63, 3.8) is 0 Å². The summed E-state index contributed by atoms with van der Waals surface area (Å²) >= 11 is 0. The Kier molecular flexibility index (Phi) is 5.79. The fourth-order valence-electron chi connectivity index (χ4n) is 2.48. The number of carboxylic acid groups (broad SMARTS) is 1. The third-order valence-corrected chi connectivity index (χ3v) is 3.66. The molecule has 0 aliphatic heterocycles. The number of nitrogens with zero attached hydrogens (tertiary/aromatic N) is 1. The molecule has 0 saturated heterocycles. The standard InChI is InChI=1S/C13H21NO5/c1-14(8-7-11(15)19-2)12(16)9-5-3-4-6-10(9)13(17)18/h9-10H,3-8H2,1-2H3,(H,17,18)/t9-,10+/m1/s1. The van der Waals surface area contributed by atoms with Gasteiger partial charge in [0.1, 0.15) is 0 Å². The largest absolute Gasteiger partial charge is 0.481 e. The van der Waals surface area contributed by atoms with Gasteiger partial charge < -0.3 is 14.7 Å². The molecule has 0 radical (unpaired) electrons. The average molecular weight is 271 g/mol. The lowest BCUT2D eigenvalue weighted by atomic mass is 9.78. The Labute approximate surface area is 112 Å². The molecule has 0 unspecified atom stereocenters. The minimum absolute atomic E-state index is 0.128. The van der Waals surface area contributed by atoms with Crippen LogP contribution in [0.2, 0.25) is 0 Å². The number of aliphatic carboxylic acids is 1. The number of carbonyl (C=O) groups is 3. The maximum atomic E-state index is 12.2. The molecule has 6 heteroatoms. The lowest BCUT2D eigenvalue weighted by Gasteiger charge is -2.30. The van der Waals surface area contributed by atoms with Crippen LogP contribution in [0, 0.1) is 11.8 Å². The topological polar surface area (TPSA) is 83.9 Å². The summed E-state index contributed by atoms with van der Waals surface area (Å²) in [5.74, 6) is -2.52. The normalized spacial score (nSPS) is 22.6. The fourth-order valence-corrected chi connectivity index (χ4v) is 2.48. The number of methoxy groups -OCH3 is 1. The van der Waals surface area contributed by atoms with E-state index in [-0.39, 0.29) is 24.8 Å². The molecule has 0 aromatic rings. The summed E-state index contributed by atoms with van der Waals surface area (Å²) in [7, 11) is 2.89. The van der Waals surface area contributed by atoms with E-state index in [0.717, 1.165) is 12.8 Å². The Morgan fingerprint density at radius 2 is 1.79 bits per heavy atom. The summed E-state index contributed by atoms with van der Waals surface area (Å²) < 4.78 is 4.51. The Morgan fingerprint density at radius 1 is 1.21 bits per heavy atom. The van der Waals surface area contributed by atoms with Crippen molar-refractivity contribution in [3.8, 4) is 0 Å². The van der Waals surface area contributed by atoms with Gasteiger partial charge >= 0.3 is 11.9 Å². The maximum Gasteiger partial charge on any atom is 0.307 e. The van der Waals surface area contributed by atoms with Crippen LogP contribution >= 0.6 is 0 Å². The van der Waals surface area contributed by atoms with Crippen molar-refractivity contribution in [1.82, 2.24) is 4.90 Å². The number of carboxylic acids is 1. The van der Waals surface area contributed by atoms with Crippen LogP contribution in [0.3, 0.4) is 0 Å². The fraction of sp³-hybridized carbons (Fsp3) is 0.769. The van der Waals surface area contributed by atoms with Gasteiger partial charge in [-0.25, -0.2) is 0 Å². The predicted octanol–water partition coefficient (Wildman–Crippen LogP) is 0.899. The summed E-state index contributed by atoms with van der Waals surface area (Å²) in [6.07, 6.45) is 3.02. The van der Waals surface area contributed by atoms with Crippen LogP contribution < -0.4 is 0 Å². The van der Waals surface area contributed by atoms with Crippen LogP contribution in [0.4, 0.5) is 0 Å². The van der Waals surface area contributed by atoms with Crippen molar-refractivity contribution in [2.24, 2.45) is 11.8 Å². The molecule has 0 aromatic heterocycles. The molecule has 1 N–H and O–H groups in total. The van der Waals surface area contributed by atoms with Gasteiger partial charge in [-0.3, -0.25) is 14.4 Å². The van der Waals surface area contributed by atoms with Crippen LogP contribution in [0.25, 0.3) is 0 Å². The second-order valence-electron chi connectivity index (χ2n) is 4.92. The monoisotopic (exact) mass is 271 g/mol. The summed E-state index contributed by atoms with van der Waals surface area (Å²) in [5.41, 5.74) is 0. The van der Waals surface area contributed by atoms with E-state index in [4.69, 9.17) is 5.11 Å². The molecule has 1 aliphatic rings. The van der Waals surface area contributed by atoms with E-state index >= 15 is 0 Å². The first-order valence-electron chi connectivity index (χ1n) is 6.52. The zero-order valence-electron chi connectivity index (χ0n) is 11.4. The molecule has 6 nitrogen and oxygen atoms in total. The highest BCUT2D eigenvalue weighted by Gasteiger charge is 2.36. The number of carbonyl (C=O) groups excluding carboxylic acids is 2. The molecule has 1 rings (SSSR count). The lowest BCUT2D eigenvalue weighted by molar-refractivity contribution is -0.152. The zero-order valence-corrected chi connectivity index (χ0v) is 11.4. The Hall–Kier alpha value is -1.59. The summed E-state index contributed by atoms with van der Waals surface area (Å²) in [6.45, 7) is 0.258. The van der Waals surface area contributed by atoms with Gasteiger partial charge in [-0.1, -0.05) is 12.8 Å². The second kappa shape index (κ2) is 7.11. The third-order valence-electron chi connectivity index (χ3n) is 3.66. The number of hydrogen-bond donors (Lipinski definition) is 1. The van der Waals surface area contributed by atoms with Crippen LogP contribution in [0.1, 0.15) is 32.1 Å². The minimum Gasteiger partial charge on any atom is -0.481 e. The van der Waals surface area contributed by atoms with E-state index < -0.39 is 17.8 Å². The van der Waals surface area contributed by atoms with Crippen molar-refractivity contribution in [3.05, 3.63) is 0 Å². The number of hydrogen-bond acceptors (Lipinski definition) is 4. The van der Waals surface area contributed by atoms with Gasteiger partial charge in [0.2, 0.25) is 5.91 Å². The molecule has 1 amide bonds. The molecule has 19 heavy (non-hydrogen) atoms. The first-order chi connectivity index (χ1) is 8.97. The van der Waals surface area contributed by atoms with Crippen molar-refractivity contribution in [2.45, 2.75) is 32.1 Å². The molecule has 108 valence electrons. The van der Waals surface area contributed by atoms with Gasteiger partial charge in [0, 0.05) is 13.6 Å². The molecule has 1 saturated carbocycles. The molecule has 1 fully saturated rings. The van der Waals surface area contributed by atoms with Crippen LogP contribution in [0.15, 0.2) is 0 Å². The van der Waals surface area contributed by atoms with Gasteiger partial charge in [-0.05, 0) is 12.8 Å². The zero-order chi connectivity index (χ0) is 14.4. The quantitative estimate of drug-likeness (QED) is 0.751.